The summed E-state index contributed by atoms with van der Waals surface area (Å²) in [6.45, 7) is 4.31. The molecule has 0 atom stereocenters. The number of carbonyl (C=O) groups is 1. The van der Waals surface area contributed by atoms with Crippen molar-refractivity contribution >= 4 is 32.6 Å². The van der Waals surface area contributed by atoms with E-state index in [4.69, 9.17) is 0 Å². The number of rotatable bonds is 5. The molecule has 0 bridgehead atoms. The second-order valence-corrected chi connectivity index (χ2v) is 7.61. The minimum atomic E-state index is 0.0736. The molecule has 1 aliphatic heterocycles. The first-order valence-electron chi connectivity index (χ1n) is 8.63. The van der Waals surface area contributed by atoms with Crippen LogP contribution in [0.2, 0.25) is 0 Å². The van der Waals surface area contributed by atoms with Gasteiger partial charge >= 0.3 is 0 Å². The van der Waals surface area contributed by atoms with Crippen molar-refractivity contribution in [3.8, 4) is 0 Å². The van der Waals surface area contributed by atoms with Gasteiger partial charge in [0, 0.05) is 19.6 Å². The molecule has 0 unspecified atom stereocenters. The number of benzene rings is 2. The van der Waals surface area contributed by atoms with Crippen molar-refractivity contribution in [2.45, 2.75) is 13.3 Å². The first kappa shape index (κ1) is 16.1. The molecule has 1 fully saturated rings. The van der Waals surface area contributed by atoms with Gasteiger partial charge in [-0.25, -0.2) is 4.98 Å². The van der Waals surface area contributed by atoms with E-state index in [1.165, 1.54) is 15.8 Å². The molecule has 1 N–H and O–H groups in total. The van der Waals surface area contributed by atoms with E-state index in [2.05, 4.69) is 52.5 Å². The first-order chi connectivity index (χ1) is 12.2. The van der Waals surface area contributed by atoms with Crippen molar-refractivity contribution < 1.29 is 4.79 Å². The Hall–Kier alpha value is -2.40. The van der Waals surface area contributed by atoms with Crippen molar-refractivity contribution in [3.05, 3.63) is 59.7 Å². The van der Waals surface area contributed by atoms with Crippen LogP contribution in [0, 0.1) is 12.8 Å². The SMILES string of the molecule is Cc1ccc2nc(N3CC(C(=O)NCCc4ccccc4)C3)sc2c1. The lowest BCUT2D eigenvalue weighted by Crippen LogP contribution is -2.54. The normalized spacial score (nSPS) is 14.5. The van der Waals surface area contributed by atoms with Crippen LogP contribution in [0.1, 0.15) is 11.1 Å². The number of carbonyl (C=O) groups excluding carboxylic acids is 1. The fraction of sp³-hybridized carbons (Fsp3) is 0.300. The first-order valence-corrected chi connectivity index (χ1v) is 9.44. The number of nitrogens with zero attached hydrogens (tertiary/aromatic N) is 2. The molecule has 2 heterocycles. The lowest BCUT2D eigenvalue weighted by molar-refractivity contribution is -0.125. The summed E-state index contributed by atoms with van der Waals surface area (Å²) in [5, 5.41) is 4.08. The lowest BCUT2D eigenvalue weighted by Gasteiger charge is -2.37. The van der Waals surface area contributed by atoms with Crippen LogP contribution >= 0.6 is 11.3 Å². The number of amides is 1. The van der Waals surface area contributed by atoms with Crippen LogP contribution in [0.15, 0.2) is 48.5 Å². The third-order valence-electron chi connectivity index (χ3n) is 4.61. The predicted octanol–water partition coefficient (Wildman–Crippen LogP) is 3.40. The molecule has 4 rings (SSSR count). The van der Waals surface area contributed by atoms with Gasteiger partial charge in [-0.3, -0.25) is 4.79 Å². The number of aryl methyl sites for hydroxylation is 1. The summed E-state index contributed by atoms with van der Waals surface area (Å²) >= 11 is 1.71. The number of hydrogen-bond donors (Lipinski definition) is 1. The van der Waals surface area contributed by atoms with Gasteiger partial charge in [-0.1, -0.05) is 47.7 Å². The molecule has 1 amide bonds. The standard InChI is InChI=1S/C20H21N3OS/c1-14-7-8-17-18(11-14)25-20(22-17)23-12-16(13-23)19(24)21-10-9-15-5-3-2-4-6-15/h2-8,11,16H,9-10,12-13H2,1H3,(H,21,24). The molecular formula is C20H21N3OS. The number of hydrogen-bond acceptors (Lipinski definition) is 4. The third kappa shape index (κ3) is 3.51. The van der Waals surface area contributed by atoms with Gasteiger partial charge in [-0.15, -0.1) is 0 Å². The maximum absolute atomic E-state index is 12.3. The highest BCUT2D eigenvalue weighted by Crippen LogP contribution is 2.33. The van der Waals surface area contributed by atoms with E-state index >= 15 is 0 Å². The Kier molecular flexibility index (Phi) is 4.40. The van der Waals surface area contributed by atoms with Gasteiger partial charge in [-0.2, -0.15) is 0 Å². The van der Waals surface area contributed by atoms with Gasteiger partial charge in [0.05, 0.1) is 16.1 Å². The molecule has 2 aromatic carbocycles. The third-order valence-corrected chi connectivity index (χ3v) is 5.69. The molecule has 25 heavy (non-hydrogen) atoms. The quantitative estimate of drug-likeness (QED) is 0.766. The highest BCUT2D eigenvalue weighted by Gasteiger charge is 2.34. The van der Waals surface area contributed by atoms with Gasteiger partial charge in [0.2, 0.25) is 5.91 Å². The van der Waals surface area contributed by atoms with Crippen LogP contribution in [0.4, 0.5) is 5.13 Å². The maximum Gasteiger partial charge on any atom is 0.226 e. The average Bonchev–Trinajstić information content (AvgIpc) is 2.97. The number of anilines is 1. The van der Waals surface area contributed by atoms with E-state index in [9.17, 15) is 4.79 Å². The van der Waals surface area contributed by atoms with E-state index in [-0.39, 0.29) is 11.8 Å². The molecule has 5 heteroatoms. The number of aromatic nitrogens is 1. The fourth-order valence-corrected chi connectivity index (χ4v) is 4.16. The zero-order valence-electron chi connectivity index (χ0n) is 14.2. The summed E-state index contributed by atoms with van der Waals surface area (Å²) in [5.74, 6) is 0.230. The summed E-state index contributed by atoms with van der Waals surface area (Å²) in [6.07, 6.45) is 0.875. The van der Waals surface area contributed by atoms with Crippen LogP contribution in [-0.4, -0.2) is 30.5 Å². The summed E-state index contributed by atoms with van der Waals surface area (Å²) in [4.78, 5) is 19.1. The Labute approximate surface area is 151 Å². The van der Waals surface area contributed by atoms with Crippen molar-refractivity contribution in [1.82, 2.24) is 10.3 Å². The zero-order valence-corrected chi connectivity index (χ0v) is 15.1. The molecule has 4 nitrogen and oxygen atoms in total. The predicted molar refractivity (Wildman–Crippen MR) is 103 cm³/mol. The summed E-state index contributed by atoms with van der Waals surface area (Å²) in [5.41, 5.74) is 3.55. The molecular weight excluding hydrogens is 330 g/mol. The Bertz CT molecular complexity index is 884. The Balaban J connectivity index is 1.28. The topological polar surface area (TPSA) is 45.2 Å². The fourth-order valence-electron chi connectivity index (χ4n) is 3.07. The lowest BCUT2D eigenvalue weighted by atomic mass is 10.00. The van der Waals surface area contributed by atoms with Crippen molar-refractivity contribution in [2.75, 3.05) is 24.5 Å². The Morgan fingerprint density at radius 1 is 1.24 bits per heavy atom. The average molecular weight is 351 g/mol. The minimum absolute atomic E-state index is 0.0736. The molecule has 1 aliphatic rings. The maximum atomic E-state index is 12.3. The van der Waals surface area contributed by atoms with Gasteiger partial charge < -0.3 is 10.2 Å². The second-order valence-electron chi connectivity index (χ2n) is 6.60. The van der Waals surface area contributed by atoms with Crippen LogP contribution in [-0.2, 0) is 11.2 Å². The largest absolute Gasteiger partial charge is 0.355 e. The molecule has 128 valence electrons. The van der Waals surface area contributed by atoms with Gasteiger partial charge in [-0.05, 0) is 36.6 Å². The van der Waals surface area contributed by atoms with Gasteiger partial charge in [0.1, 0.15) is 0 Å². The number of thiazole rings is 1. The minimum Gasteiger partial charge on any atom is -0.355 e. The van der Waals surface area contributed by atoms with E-state index in [0.29, 0.717) is 6.54 Å². The highest BCUT2D eigenvalue weighted by molar-refractivity contribution is 7.22. The van der Waals surface area contributed by atoms with E-state index in [1.807, 2.05) is 18.2 Å². The zero-order chi connectivity index (χ0) is 17.2. The molecule has 1 aromatic heterocycles. The summed E-state index contributed by atoms with van der Waals surface area (Å²) in [6, 6.07) is 16.6. The summed E-state index contributed by atoms with van der Waals surface area (Å²) < 4.78 is 1.21. The van der Waals surface area contributed by atoms with Gasteiger partial charge in [0.15, 0.2) is 5.13 Å². The van der Waals surface area contributed by atoms with Gasteiger partial charge in [0.25, 0.3) is 0 Å². The van der Waals surface area contributed by atoms with Crippen LogP contribution in [0.3, 0.4) is 0 Å². The highest BCUT2D eigenvalue weighted by atomic mass is 32.1. The Morgan fingerprint density at radius 2 is 2.04 bits per heavy atom. The molecule has 0 spiro atoms. The molecule has 0 aliphatic carbocycles. The van der Waals surface area contributed by atoms with Crippen molar-refractivity contribution in [2.24, 2.45) is 5.92 Å². The Morgan fingerprint density at radius 3 is 2.84 bits per heavy atom. The second kappa shape index (κ2) is 6.84. The molecule has 0 saturated carbocycles. The van der Waals surface area contributed by atoms with Crippen molar-refractivity contribution in [1.29, 1.82) is 0 Å². The van der Waals surface area contributed by atoms with Crippen LogP contribution in [0.25, 0.3) is 10.2 Å². The van der Waals surface area contributed by atoms with Crippen LogP contribution in [0.5, 0.6) is 0 Å². The van der Waals surface area contributed by atoms with E-state index in [1.54, 1.807) is 11.3 Å². The molecule has 0 radical (unpaired) electrons. The van der Waals surface area contributed by atoms with Crippen LogP contribution < -0.4 is 10.2 Å². The molecule has 1 saturated heterocycles. The summed E-state index contributed by atoms with van der Waals surface area (Å²) in [7, 11) is 0. The number of nitrogens with one attached hydrogen (secondary N) is 1. The molecule has 3 aromatic rings. The van der Waals surface area contributed by atoms with Crippen molar-refractivity contribution in [3.63, 3.8) is 0 Å². The smallest absolute Gasteiger partial charge is 0.226 e. The van der Waals surface area contributed by atoms with E-state index < -0.39 is 0 Å². The monoisotopic (exact) mass is 351 g/mol. The van der Waals surface area contributed by atoms with E-state index in [0.717, 1.165) is 30.2 Å². The number of fused-ring (bicyclic) bond motifs is 1.